The van der Waals surface area contributed by atoms with Gasteiger partial charge in [-0.1, -0.05) is 12.1 Å². The van der Waals surface area contributed by atoms with Crippen molar-refractivity contribution in [3.05, 3.63) is 58.1 Å². The first-order valence-electron chi connectivity index (χ1n) is 10.3. The summed E-state index contributed by atoms with van der Waals surface area (Å²) in [5, 5.41) is 12.0. The van der Waals surface area contributed by atoms with Crippen molar-refractivity contribution in [2.24, 2.45) is 5.92 Å². The summed E-state index contributed by atoms with van der Waals surface area (Å²) >= 11 is 1.61. The van der Waals surface area contributed by atoms with Crippen LogP contribution in [0.3, 0.4) is 0 Å². The molecule has 0 radical (unpaired) electrons. The maximum absolute atomic E-state index is 13.3. The highest BCUT2D eigenvalue weighted by atomic mass is 32.1. The number of halogens is 1. The molecule has 30 heavy (non-hydrogen) atoms. The molecule has 9 heteroatoms. The molecule has 2 saturated heterocycles. The van der Waals surface area contributed by atoms with Gasteiger partial charge in [-0.2, -0.15) is 0 Å². The summed E-state index contributed by atoms with van der Waals surface area (Å²) in [6.45, 7) is 4.47. The molecular weight excluding hydrogens is 405 g/mol. The van der Waals surface area contributed by atoms with E-state index >= 15 is 0 Å². The number of ether oxygens (including phenoxy) is 2. The minimum atomic E-state index is -0.231. The normalized spacial score (nSPS) is 22.0. The molecule has 7 nitrogen and oxygen atoms in total. The Kier molecular flexibility index (Phi) is 5.74. The van der Waals surface area contributed by atoms with E-state index in [1.807, 2.05) is 11.6 Å². The Morgan fingerprint density at radius 3 is 2.83 bits per heavy atom. The minimum Gasteiger partial charge on any atom is -0.381 e. The molecule has 0 aliphatic carbocycles. The molecule has 158 valence electrons. The van der Waals surface area contributed by atoms with Gasteiger partial charge in [-0.3, -0.25) is 4.57 Å². The van der Waals surface area contributed by atoms with Crippen LogP contribution in [0.5, 0.6) is 0 Å². The fourth-order valence-electron chi connectivity index (χ4n) is 4.02. The van der Waals surface area contributed by atoms with E-state index in [9.17, 15) is 4.39 Å². The van der Waals surface area contributed by atoms with Gasteiger partial charge in [-0.05, 0) is 24.1 Å². The van der Waals surface area contributed by atoms with Crippen LogP contribution in [0.1, 0.15) is 28.9 Å². The molecule has 2 aliphatic heterocycles. The van der Waals surface area contributed by atoms with Gasteiger partial charge in [0, 0.05) is 43.6 Å². The predicted octanol–water partition coefficient (Wildman–Crippen LogP) is 3.08. The number of hydrogen-bond acceptors (Lipinski definition) is 7. The van der Waals surface area contributed by atoms with Gasteiger partial charge < -0.3 is 14.4 Å². The first-order chi connectivity index (χ1) is 14.8. The first-order valence-corrected chi connectivity index (χ1v) is 11.1. The zero-order valence-electron chi connectivity index (χ0n) is 16.6. The molecule has 2 aliphatic rings. The zero-order chi connectivity index (χ0) is 20.3. The quantitative estimate of drug-likeness (QED) is 0.600. The van der Waals surface area contributed by atoms with Crippen LogP contribution in [-0.4, -0.2) is 52.7 Å². The Morgan fingerprint density at radius 2 is 2.07 bits per heavy atom. The van der Waals surface area contributed by atoms with E-state index in [-0.39, 0.29) is 11.9 Å². The van der Waals surface area contributed by atoms with Crippen LogP contribution in [0.2, 0.25) is 0 Å². The SMILES string of the molecule is Fc1ccc(Cc2nnc(N3CCO[C@@H](c4nccs4)C3)n2C[C@H]2CCOC2)cc1. The first kappa shape index (κ1) is 19.6. The van der Waals surface area contributed by atoms with Crippen molar-refractivity contribution < 1.29 is 13.9 Å². The van der Waals surface area contributed by atoms with Gasteiger partial charge in [0.05, 0.1) is 19.8 Å². The smallest absolute Gasteiger partial charge is 0.227 e. The van der Waals surface area contributed by atoms with E-state index in [4.69, 9.17) is 9.47 Å². The molecule has 0 saturated carbocycles. The lowest BCUT2D eigenvalue weighted by atomic mass is 10.1. The van der Waals surface area contributed by atoms with Gasteiger partial charge in [0.1, 0.15) is 22.8 Å². The van der Waals surface area contributed by atoms with Crippen molar-refractivity contribution in [1.82, 2.24) is 19.7 Å². The minimum absolute atomic E-state index is 0.0562. The van der Waals surface area contributed by atoms with Crippen LogP contribution in [0.4, 0.5) is 10.3 Å². The highest BCUT2D eigenvalue weighted by Gasteiger charge is 2.29. The summed E-state index contributed by atoms with van der Waals surface area (Å²) in [5.74, 6) is 1.97. The van der Waals surface area contributed by atoms with Crippen molar-refractivity contribution in [2.75, 3.05) is 37.8 Å². The number of morpholine rings is 1. The van der Waals surface area contributed by atoms with Gasteiger partial charge >= 0.3 is 0 Å². The molecule has 2 atom stereocenters. The van der Waals surface area contributed by atoms with Gasteiger partial charge in [0.2, 0.25) is 5.95 Å². The maximum atomic E-state index is 13.3. The molecule has 2 fully saturated rings. The standard InChI is InChI=1S/C21H24FN5O2S/c22-17-3-1-15(2-4-17)11-19-24-25-21(27(19)12-16-5-8-28-14-16)26-7-9-29-18(13-26)20-23-6-10-30-20/h1-4,6,10,16,18H,5,7-9,11-14H2/t16-,18-/m1/s1. The summed E-state index contributed by atoms with van der Waals surface area (Å²) in [7, 11) is 0. The molecule has 0 spiro atoms. The van der Waals surface area contributed by atoms with Gasteiger partial charge in [0.25, 0.3) is 0 Å². The fourth-order valence-corrected chi connectivity index (χ4v) is 4.70. The number of thiazole rings is 1. The molecule has 3 aromatic rings. The second kappa shape index (κ2) is 8.79. The van der Waals surface area contributed by atoms with Crippen LogP contribution >= 0.6 is 11.3 Å². The second-order valence-corrected chi connectivity index (χ2v) is 8.66. The molecular formula is C21H24FN5O2S. The van der Waals surface area contributed by atoms with E-state index in [1.54, 1.807) is 23.5 Å². The fraction of sp³-hybridized carbons (Fsp3) is 0.476. The molecule has 0 bridgehead atoms. The summed E-state index contributed by atoms with van der Waals surface area (Å²) in [4.78, 5) is 6.66. The second-order valence-electron chi connectivity index (χ2n) is 7.74. The molecule has 0 amide bonds. The molecule has 0 N–H and O–H groups in total. The van der Waals surface area contributed by atoms with Crippen LogP contribution in [0.15, 0.2) is 35.8 Å². The van der Waals surface area contributed by atoms with Gasteiger partial charge in [-0.25, -0.2) is 9.37 Å². The van der Waals surface area contributed by atoms with E-state index < -0.39 is 0 Å². The Labute approximate surface area is 178 Å². The maximum Gasteiger partial charge on any atom is 0.227 e. The van der Waals surface area contributed by atoms with Crippen molar-refractivity contribution >= 4 is 17.3 Å². The zero-order valence-corrected chi connectivity index (χ0v) is 17.4. The number of hydrogen-bond donors (Lipinski definition) is 0. The summed E-state index contributed by atoms with van der Waals surface area (Å²) in [5.41, 5.74) is 1.02. The number of anilines is 1. The van der Waals surface area contributed by atoms with Crippen molar-refractivity contribution in [1.29, 1.82) is 0 Å². The number of aromatic nitrogens is 4. The Hall–Kier alpha value is -2.36. The molecule has 0 unspecified atom stereocenters. The Balaban J connectivity index is 1.41. The summed E-state index contributed by atoms with van der Waals surface area (Å²) < 4.78 is 27.1. The van der Waals surface area contributed by atoms with E-state index in [1.165, 1.54) is 12.1 Å². The molecule has 4 heterocycles. The van der Waals surface area contributed by atoms with E-state index in [0.29, 0.717) is 25.5 Å². The van der Waals surface area contributed by atoms with Crippen molar-refractivity contribution in [2.45, 2.75) is 25.5 Å². The molecule has 2 aromatic heterocycles. The van der Waals surface area contributed by atoms with Gasteiger partial charge in [-0.15, -0.1) is 21.5 Å². The third-order valence-corrected chi connectivity index (χ3v) is 6.49. The average Bonchev–Trinajstić information content (AvgIpc) is 3.53. The van der Waals surface area contributed by atoms with Crippen molar-refractivity contribution in [3.8, 4) is 0 Å². The summed E-state index contributed by atoms with van der Waals surface area (Å²) in [6, 6.07) is 6.59. The molecule has 5 rings (SSSR count). The number of benzene rings is 1. The Bertz CT molecular complexity index is 956. The van der Waals surface area contributed by atoms with Crippen LogP contribution < -0.4 is 4.90 Å². The number of nitrogens with zero attached hydrogens (tertiary/aromatic N) is 5. The van der Waals surface area contributed by atoms with Crippen LogP contribution in [-0.2, 0) is 22.4 Å². The van der Waals surface area contributed by atoms with E-state index in [0.717, 1.165) is 55.1 Å². The van der Waals surface area contributed by atoms with Gasteiger partial charge in [0.15, 0.2) is 0 Å². The third-order valence-electron chi connectivity index (χ3n) is 5.62. The highest BCUT2D eigenvalue weighted by molar-refractivity contribution is 7.09. The molecule has 1 aromatic carbocycles. The third kappa shape index (κ3) is 4.23. The lowest BCUT2D eigenvalue weighted by Gasteiger charge is -2.33. The van der Waals surface area contributed by atoms with Crippen molar-refractivity contribution in [3.63, 3.8) is 0 Å². The lowest BCUT2D eigenvalue weighted by Crippen LogP contribution is -2.40. The van der Waals surface area contributed by atoms with E-state index in [2.05, 4.69) is 24.6 Å². The Morgan fingerprint density at radius 1 is 1.17 bits per heavy atom. The average molecular weight is 430 g/mol. The topological polar surface area (TPSA) is 65.3 Å². The largest absolute Gasteiger partial charge is 0.381 e. The monoisotopic (exact) mass is 429 g/mol. The number of rotatable bonds is 6. The van der Waals surface area contributed by atoms with Crippen LogP contribution in [0.25, 0.3) is 0 Å². The van der Waals surface area contributed by atoms with Crippen LogP contribution in [0, 0.1) is 11.7 Å². The highest BCUT2D eigenvalue weighted by Crippen LogP contribution is 2.28. The summed E-state index contributed by atoms with van der Waals surface area (Å²) in [6.07, 6.45) is 3.41. The predicted molar refractivity (Wildman–Crippen MR) is 111 cm³/mol. The lowest BCUT2D eigenvalue weighted by molar-refractivity contribution is 0.0387.